The lowest BCUT2D eigenvalue weighted by atomic mass is 9.88. The van der Waals surface area contributed by atoms with E-state index < -0.39 is 0 Å². The number of aliphatic hydroxyl groups is 1. The summed E-state index contributed by atoms with van der Waals surface area (Å²) in [4.78, 5) is 0. The number of rotatable bonds is 4. The van der Waals surface area contributed by atoms with Crippen molar-refractivity contribution < 1.29 is 5.11 Å². The first-order valence-corrected chi connectivity index (χ1v) is 7.17. The highest BCUT2D eigenvalue weighted by atomic mass is 16.3. The second kappa shape index (κ2) is 4.67. The van der Waals surface area contributed by atoms with Gasteiger partial charge in [0.15, 0.2) is 0 Å². The highest BCUT2D eigenvalue weighted by molar-refractivity contribution is 5.27. The van der Waals surface area contributed by atoms with Gasteiger partial charge in [-0.05, 0) is 43.1 Å². The number of fused-ring (bicyclic) bond motifs is 1. The molecule has 0 aromatic heterocycles. The molecule has 0 spiro atoms. The molecule has 0 heterocycles. The molecule has 4 unspecified atom stereocenters. The van der Waals surface area contributed by atoms with E-state index in [1.807, 2.05) is 0 Å². The van der Waals surface area contributed by atoms with Gasteiger partial charge >= 0.3 is 0 Å². The minimum Gasteiger partial charge on any atom is -0.392 e. The summed E-state index contributed by atoms with van der Waals surface area (Å²) >= 11 is 0. The number of aryl methyl sites for hydroxylation is 1. The van der Waals surface area contributed by atoms with E-state index in [0.29, 0.717) is 12.5 Å². The molecular formula is C16H23NO. The molecule has 3 N–H and O–H groups in total. The van der Waals surface area contributed by atoms with E-state index in [1.165, 1.54) is 30.4 Å². The van der Waals surface area contributed by atoms with Crippen LogP contribution in [0.3, 0.4) is 0 Å². The van der Waals surface area contributed by atoms with E-state index in [4.69, 9.17) is 5.73 Å². The Morgan fingerprint density at radius 3 is 2.39 bits per heavy atom. The van der Waals surface area contributed by atoms with Crippen LogP contribution in [0.4, 0.5) is 0 Å². The zero-order valence-corrected chi connectivity index (χ0v) is 11.0. The van der Waals surface area contributed by atoms with Crippen molar-refractivity contribution in [2.45, 2.75) is 38.2 Å². The van der Waals surface area contributed by atoms with Crippen molar-refractivity contribution >= 4 is 0 Å². The van der Waals surface area contributed by atoms with E-state index >= 15 is 0 Å². The predicted molar refractivity (Wildman–Crippen MR) is 73.3 cm³/mol. The van der Waals surface area contributed by atoms with Crippen LogP contribution in [0.5, 0.6) is 0 Å². The molecule has 0 aliphatic heterocycles. The Morgan fingerprint density at radius 1 is 1.22 bits per heavy atom. The van der Waals surface area contributed by atoms with Crippen LogP contribution in [0.1, 0.15) is 36.3 Å². The summed E-state index contributed by atoms with van der Waals surface area (Å²) in [7, 11) is 0. The Kier molecular flexibility index (Phi) is 3.16. The van der Waals surface area contributed by atoms with Gasteiger partial charge in [0.2, 0.25) is 0 Å². The van der Waals surface area contributed by atoms with E-state index in [-0.39, 0.29) is 12.0 Å². The molecule has 18 heavy (non-hydrogen) atoms. The van der Waals surface area contributed by atoms with E-state index in [9.17, 15) is 5.11 Å². The smallest absolute Gasteiger partial charge is 0.0654 e. The lowest BCUT2D eigenvalue weighted by Crippen LogP contribution is -2.29. The molecule has 0 saturated heterocycles. The molecule has 4 atom stereocenters. The molecule has 1 aromatic carbocycles. The van der Waals surface area contributed by atoms with Gasteiger partial charge in [0.1, 0.15) is 0 Å². The van der Waals surface area contributed by atoms with Gasteiger partial charge in [0.05, 0.1) is 6.10 Å². The zero-order chi connectivity index (χ0) is 12.7. The van der Waals surface area contributed by atoms with E-state index in [1.54, 1.807) is 0 Å². The third-order valence-electron chi connectivity index (χ3n) is 5.04. The second-order valence-electron chi connectivity index (χ2n) is 6.08. The molecule has 0 bridgehead atoms. The van der Waals surface area contributed by atoms with Gasteiger partial charge in [0.25, 0.3) is 0 Å². The summed E-state index contributed by atoms with van der Waals surface area (Å²) in [5, 5.41) is 10.6. The molecule has 2 aliphatic carbocycles. The Hall–Kier alpha value is -0.860. The Bertz CT molecular complexity index is 404. The van der Waals surface area contributed by atoms with Gasteiger partial charge in [0, 0.05) is 12.5 Å². The van der Waals surface area contributed by atoms with Crippen LogP contribution in [0.15, 0.2) is 24.3 Å². The largest absolute Gasteiger partial charge is 0.392 e. The summed E-state index contributed by atoms with van der Waals surface area (Å²) in [6.07, 6.45) is 3.75. The molecule has 0 radical (unpaired) electrons. The molecule has 2 aliphatic rings. The van der Waals surface area contributed by atoms with Crippen LogP contribution in [0.25, 0.3) is 0 Å². The minimum atomic E-state index is -0.243. The second-order valence-corrected chi connectivity index (χ2v) is 6.08. The quantitative estimate of drug-likeness (QED) is 0.856. The zero-order valence-electron chi connectivity index (χ0n) is 11.0. The normalized spacial score (nSPS) is 32.9. The van der Waals surface area contributed by atoms with Crippen molar-refractivity contribution in [3.05, 3.63) is 35.4 Å². The van der Waals surface area contributed by atoms with Gasteiger partial charge in [-0.2, -0.15) is 0 Å². The number of aliphatic hydroxyl groups excluding tert-OH is 1. The maximum absolute atomic E-state index is 10.6. The summed E-state index contributed by atoms with van der Waals surface area (Å²) in [5.41, 5.74) is 8.35. The van der Waals surface area contributed by atoms with Crippen molar-refractivity contribution in [3.8, 4) is 0 Å². The Labute approximate surface area is 109 Å². The maximum Gasteiger partial charge on any atom is 0.0654 e. The summed E-state index contributed by atoms with van der Waals surface area (Å²) < 4.78 is 0. The fourth-order valence-electron chi connectivity index (χ4n) is 3.94. The van der Waals surface area contributed by atoms with Crippen molar-refractivity contribution in [3.63, 3.8) is 0 Å². The first kappa shape index (κ1) is 12.2. The number of hydrogen-bond acceptors (Lipinski definition) is 2. The highest BCUT2D eigenvalue weighted by Crippen LogP contribution is 2.60. The first-order chi connectivity index (χ1) is 8.72. The summed E-state index contributed by atoms with van der Waals surface area (Å²) in [6.45, 7) is 2.63. The van der Waals surface area contributed by atoms with Crippen LogP contribution < -0.4 is 5.73 Å². The summed E-state index contributed by atoms with van der Waals surface area (Å²) in [6, 6.07) is 8.46. The molecule has 2 fully saturated rings. The van der Waals surface area contributed by atoms with Crippen LogP contribution in [0, 0.1) is 24.7 Å². The molecule has 3 rings (SSSR count). The number of benzene rings is 1. The minimum absolute atomic E-state index is 0.112. The lowest BCUT2D eigenvalue weighted by Gasteiger charge is -2.23. The monoisotopic (exact) mass is 245 g/mol. The van der Waals surface area contributed by atoms with Gasteiger partial charge in [-0.3, -0.25) is 0 Å². The average Bonchev–Trinajstić information content (AvgIpc) is 2.86. The van der Waals surface area contributed by atoms with Gasteiger partial charge < -0.3 is 10.8 Å². The van der Waals surface area contributed by atoms with Crippen LogP contribution >= 0.6 is 0 Å². The molecule has 1 aromatic rings. The fourth-order valence-corrected chi connectivity index (χ4v) is 3.94. The van der Waals surface area contributed by atoms with Crippen molar-refractivity contribution in [2.24, 2.45) is 23.5 Å². The van der Waals surface area contributed by atoms with Crippen molar-refractivity contribution in [1.82, 2.24) is 0 Å². The van der Waals surface area contributed by atoms with Crippen molar-refractivity contribution in [1.29, 1.82) is 0 Å². The van der Waals surface area contributed by atoms with Gasteiger partial charge in [-0.15, -0.1) is 0 Å². The Morgan fingerprint density at radius 2 is 1.83 bits per heavy atom. The average molecular weight is 245 g/mol. The molecule has 2 heteroatoms. The topological polar surface area (TPSA) is 46.2 Å². The first-order valence-electron chi connectivity index (χ1n) is 7.17. The third kappa shape index (κ3) is 1.98. The van der Waals surface area contributed by atoms with Crippen molar-refractivity contribution in [2.75, 3.05) is 6.54 Å². The molecule has 98 valence electrons. The highest BCUT2D eigenvalue weighted by Gasteiger charge is 2.56. The number of hydrogen-bond donors (Lipinski definition) is 2. The SMILES string of the molecule is Cc1ccc(C(CN)C(O)C2C3CCCC32)cc1. The van der Waals surface area contributed by atoms with Crippen LogP contribution in [-0.4, -0.2) is 17.8 Å². The molecule has 0 amide bonds. The third-order valence-corrected chi connectivity index (χ3v) is 5.04. The Balaban J connectivity index is 1.74. The molecule has 2 nitrogen and oxygen atoms in total. The van der Waals surface area contributed by atoms with Crippen LogP contribution in [0.2, 0.25) is 0 Å². The maximum atomic E-state index is 10.6. The summed E-state index contributed by atoms with van der Waals surface area (Å²) in [5.74, 6) is 2.22. The molecular weight excluding hydrogens is 222 g/mol. The standard InChI is InChI=1S/C16H23NO/c1-10-5-7-11(8-6-10)14(9-17)16(18)15-12-3-2-4-13(12)15/h5-8,12-16,18H,2-4,9,17H2,1H3. The lowest BCUT2D eigenvalue weighted by molar-refractivity contribution is 0.108. The molecule has 2 saturated carbocycles. The van der Waals surface area contributed by atoms with Gasteiger partial charge in [-0.1, -0.05) is 36.2 Å². The predicted octanol–water partition coefficient (Wildman–Crippen LogP) is 2.44. The fraction of sp³-hybridized carbons (Fsp3) is 0.625. The van der Waals surface area contributed by atoms with Gasteiger partial charge in [-0.25, -0.2) is 0 Å². The number of nitrogens with two attached hydrogens (primary N) is 1. The van der Waals surface area contributed by atoms with Crippen LogP contribution in [-0.2, 0) is 0 Å². The van der Waals surface area contributed by atoms with E-state index in [0.717, 1.165) is 11.8 Å². The van der Waals surface area contributed by atoms with E-state index in [2.05, 4.69) is 31.2 Å².